The number of carbonyl (C=O) groups excluding carboxylic acids is 2. The zero-order chi connectivity index (χ0) is 11.8. The second-order valence-electron chi connectivity index (χ2n) is 2.82. The van der Waals surface area contributed by atoms with E-state index in [1.54, 1.807) is 31.2 Å². The molecule has 0 aliphatic heterocycles. The van der Waals surface area contributed by atoms with Crippen LogP contribution >= 0.6 is 0 Å². The Balaban J connectivity index is 2.45. The number of rotatable bonds is 4. The Labute approximate surface area is 93.5 Å². The number of ether oxygens (including phenoxy) is 2. The van der Waals surface area contributed by atoms with Gasteiger partial charge < -0.3 is 9.47 Å². The highest BCUT2D eigenvalue weighted by Gasteiger charge is 2.01. The summed E-state index contributed by atoms with van der Waals surface area (Å²) in [6.07, 6.45) is 2.07. The monoisotopic (exact) mass is 220 g/mol. The first kappa shape index (κ1) is 12.0. The highest BCUT2D eigenvalue weighted by Crippen LogP contribution is 2.08. The molecule has 0 N–H and O–H groups in total. The molecule has 0 fully saturated rings. The van der Waals surface area contributed by atoms with Crippen molar-refractivity contribution in [3.63, 3.8) is 0 Å². The molecular formula is C12H12O4. The second kappa shape index (κ2) is 6.40. The van der Waals surface area contributed by atoms with Gasteiger partial charge in [-0.15, -0.1) is 0 Å². The van der Waals surface area contributed by atoms with Gasteiger partial charge in [-0.2, -0.15) is 0 Å². The number of para-hydroxylation sites is 1. The predicted octanol–water partition coefficient (Wildman–Crippen LogP) is 1.71. The SMILES string of the molecule is CCOC(=O)/C=C/C(=O)Oc1ccccc1. The Morgan fingerprint density at radius 3 is 2.38 bits per heavy atom. The van der Waals surface area contributed by atoms with Gasteiger partial charge >= 0.3 is 11.9 Å². The smallest absolute Gasteiger partial charge is 0.336 e. The molecule has 84 valence electrons. The quantitative estimate of drug-likeness (QED) is 0.440. The predicted molar refractivity (Wildman–Crippen MR) is 57.9 cm³/mol. The maximum absolute atomic E-state index is 11.2. The van der Waals surface area contributed by atoms with Crippen molar-refractivity contribution in [2.75, 3.05) is 6.61 Å². The lowest BCUT2D eigenvalue weighted by Gasteiger charge is -1.99. The minimum atomic E-state index is -0.612. The van der Waals surface area contributed by atoms with Crippen molar-refractivity contribution in [2.45, 2.75) is 6.92 Å². The third kappa shape index (κ3) is 4.41. The zero-order valence-corrected chi connectivity index (χ0v) is 8.88. The molecule has 0 bridgehead atoms. The third-order valence-electron chi connectivity index (χ3n) is 1.60. The first-order valence-corrected chi connectivity index (χ1v) is 4.84. The normalized spacial score (nSPS) is 10.1. The van der Waals surface area contributed by atoms with E-state index in [0.29, 0.717) is 5.75 Å². The fraction of sp³-hybridized carbons (Fsp3) is 0.167. The third-order valence-corrected chi connectivity index (χ3v) is 1.60. The number of benzene rings is 1. The molecule has 1 aromatic rings. The van der Waals surface area contributed by atoms with E-state index in [4.69, 9.17) is 4.74 Å². The molecule has 0 aliphatic carbocycles. The van der Waals surface area contributed by atoms with Gasteiger partial charge in [0, 0.05) is 12.2 Å². The van der Waals surface area contributed by atoms with Crippen LogP contribution in [0.15, 0.2) is 42.5 Å². The van der Waals surface area contributed by atoms with Crippen LogP contribution in [-0.4, -0.2) is 18.5 Å². The van der Waals surface area contributed by atoms with Crippen LogP contribution in [0.2, 0.25) is 0 Å². The maximum atomic E-state index is 11.2. The molecule has 16 heavy (non-hydrogen) atoms. The molecule has 4 heteroatoms. The molecule has 0 spiro atoms. The van der Waals surface area contributed by atoms with Crippen LogP contribution in [0.25, 0.3) is 0 Å². The summed E-state index contributed by atoms with van der Waals surface area (Å²) in [5.41, 5.74) is 0. The molecule has 1 aromatic carbocycles. The van der Waals surface area contributed by atoms with E-state index in [0.717, 1.165) is 12.2 Å². The molecule has 1 rings (SSSR count). The van der Waals surface area contributed by atoms with Crippen molar-refractivity contribution >= 4 is 11.9 Å². The van der Waals surface area contributed by atoms with Crippen molar-refractivity contribution in [3.8, 4) is 5.75 Å². The minimum absolute atomic E-state index is 0.275. The standard InChI is InChI=1S/C12H12O4/c1-2-15-11(13)8-9-12(14)16-10-6-4-3-5-7-10/h3-9H,2H2,1H3/b9-8+. The minimum Gasteiger partial charge on any atom is -0.463 e. The molecule has 0 aromatic heterocycles. The average Bonchev–Trinajstić information content (AvgIpc) is 2.28. The summed E-state index contributed by atoms with van der Waals surface area (Å²) < 4.78 is 9.52. The van der Waals surface area contributed by atoms with E-state index in [2.05, 4.69) is 4.74 Å². The van der Waals surface area contributed by atoms with Crippen LogP contribution in [0.3, 0.4) is 0 Å². The highest BCUT2D eigenvalue weighted by molar-refractivity contribution is 5.92. The van der Waals surface area contributed by atoms with Gasteiger partial charge in [0.25, 0.3) is 0 Å². The molecule has 0 amide bonds. The summed E-state index contributed by atoms with van der Waals surface area (Å²) in [7, 11) is 0. The maximum Gasteiger partial charge on any atom is 0.336 e. The Kier molecular flexibility index (Phi) is 4.79. The average molecular weight is 220 g/mol. The van der Waals surface area contributed by atoms with Crippen LogP contribution < -0.4 is 4.74 Å². The lowest BCUT2D eigenvalue weighted by Crippen LogP contribution is -2.06. The van der Waals surface area contributed by atoms with Gasteiger partial charge in [0.05, 0.1) is 6.61 Å². The first-order chi connectivity index (χ1) is 7.72. The highest BCUT2D eigenvalue weighted by atomic mass is 16.5. The molecule has 0 saturated heterocycles. The van der Waals surface area contributed by atoms with Crippen LogP contribution in [0.4, 0.5) is 0 Å². The van der Waals surface area contributed by atoms with Crippen molar-refractivity contribution in [1.29, 1.82) is 0 Å². The fourth-order valence-electron chi connectivity index (χ4n) is 0.965. The molecular weight excluding hydrogens is 208 g/mol. The summed E-state index contributed by atoms with van der Waals surface area (Å²) in [5, 5.41) is 0. The van der Waals surface area contributed by atoms with E-state index in [-0.39, 0.29) is 6.61 Å². The van der Waals surface area contributed by atoms with Crippen molar-refractivity contribution in [2.24, 2.45) is 0 Å². The van der Waals surface area contributed by atoms with Gasteiger partial charge in [0.1, 0.15) is 5.75 Å². The Morgan fingerprint density at radius 1 is 1.12 bits per heavy atom. The summed E-state index contributed by atoms with van der Waals surface area (Å²) in [5.74, 6) is -0.743. The molecule has 0 aliphatic rings. The van der Waals surface area contributed by atoms with Gasteiger partial charge in [-0.3, -0.25) is 0 Å². The van der Waals surface area contributed by atoms with Crippen molar-refractivity contribution < 1.29 is 19.1 Å². The molecule has 0 saturated carbocycles. The number of hydrogen-bond donors (Lipinski definition) is 0. The summed E-state index contributed by atoms with van der Waals surface area (Å²) in [6.45, 7) is 1.96. The van der Waals surface area contributed by atoms with Gasteiger partial charge in [0.2, 0.25) is 0 Å². The van der Waals surface area contributed by atoms with Crippen LogP contribution in [-0.2, 0) is 14.3 Å². The van der Waals surface area contributed by atoms with E-state index >= 15 is 0 Å². The largest absolute Gasteiger partial charge is 0.463 e. The zero-order valence-electron chi connectivity index (χ0n) is 8.88. The van der Waals surface area contributed by atoms with E-state index in [9.17, 15) is 9.59 Å². The number of esters is 2. The first-order valence-electron chi connectivity index (χ1n) is 4.84. The van der Waals surface area contributed by atoms with Gasteiger partial charge in [0.15, 0.2) is 0 Å². The van der Waals surface area contributed by atoms with E-state index in [1.807, 2.05) is 6.07 Å². The van der Waals surface area contributed by atoms with Gasteiger partial charge in [-0.05, 0) is 19.1 Å². The van der Waals surface area contributed by atoms with E-state index < -0.39 is 11.9 Å². The fourth-order valence-corrected chi connectivity index (χ4v) is 0.965. The molecule has 4 nitrogen and oxygen atoms in total. The number of hydrogen-bond acceptors (Lipinski definition) is 4. The molecule has 0 unspecified atom stereocenters. The van der Waals surface area contributed by atoms with Gasteiger partial charge in [-0.25, -0.2) is 9.59 Å². The summed E-state index contributed by atoms with van der Waals surface area (Å²) in [4.78, 5) is 22.1. The lowest BCUT2D eigenvalue weighted by atomic mass is 10.3. The van der Waals surface area contributed by atoms with Crippen LogP contribution in [0.5, 0.6) is 5.75 Å². The van der Waals surface area contributed by atoms with Crippen LogP contribution in [0.1, 0.15) is 6.92 Å². The Bertz CT molecular complexity index is 381. The topological polar surface area (TPSA) is 52.6 Å². The molecule has 0 radical (unpaired) electrons. The molecule has 0 atom stereocenters. The van der Waals surface area contributed by atoms with Crippen molar-refractivity contribution in [1.82, 2.24) is 0 Å². The Hall–Kier alpha value is -2.10. The van der Waals surface area contributed by atoms with Crippen molar-refractivity contribution in [3.05, 3.63) is 42.5 Å². The van der Waals surface area contributed by atoms with Crippen LogP contribution in [0, 0.1) is 0 Å². The summed E-state index contributed by atoms with van der Waals surface area (Å²) >= 11 is 0. The second-order valence-corrected chi connectivity index (χ2v) is 2.82. The summed E-state index contributed by atoms with van der Waals surface area (Å²) in [6, 6.07) is 8.60. The lowest BCUT2D eigenvalue weighted by molar-refractivity contribution is -0.138. The van der Waals surface area contributed by atoms with E-state index in [1.165, 1.54) is 0 Å². The molecule has 0 heterocycles. The number of carbonyl (C=O) groups is 2. The van der Waals surface area contributed by atoms with Gasteiger partial charge in [-0.1, -0.05) is 18.2 Å². The Morgan fingerprint density at radius 2 is 1.75 bits per heavy atom.